The summed E-state index contributed by atoms with van der Waals surface area (Å²) >= 11 is 6.05. The zero-order valence-corrected chi connectivity index (χ0v) is 21.1. The van der Waals surface area contributed by atoms with Crippen molar-refractivity contribution in [3.8, 4) is 11.1 Å². The van der Waals surface area contributed by atoms with Crippen molar-refractivity contribution in [2.24, 2.45) is 5.92 Å². The van der Waals surface area contributed by atoms with Crippen LogP contribution in [0.1, 0.15) is 63.1 Å². The molecule has 1 saturated carbocycles. The van der Waals surface area contributed by atoms with Crippen LogP contribution < -0.4 is 0 Å². The summed E-state index contributed by atoms with van der Waals surface area (Å²) in [5, 5.41) is 0.676. The van der Waals surface area contributed by atoms with Gasteiger partial charge in [-0.05, 0) is 99.2 Å². The van der Waals surface area contributed by atoms with E-state index in [1.54, 1.807) is 13.8 Å². The van der Waals surface area contributed by atoms with E-state index in [0.717, 1.165) is 40.7 Å². The summed E-state index contributed by atoms with van der Waals surface area (Å²) in [6, 6.07) is 11.7. The maximum Gasteiger partial charge on any atom is 0.513 e. The molecule has 2 aliphatic rings. The van der Waals surface area contributed by atoms with Gasteiger partial charge < -0.3 is 14.2 Å². The van der Waals surface area contributed by atoms with E-state index in [1.165, 1.54) is 0 Å². The zero-order chi connectivity index (χ0) is 24.6. The monoisotopic (exact) mass is 482 g/mol. The van der Waals surface area contributed by atoms with Crippen LogP contribution >= 0.6 is 11.6 Å². The molecule has 0 radical (unpaired) electrons. The second-order valence-electron chi connectivity index (χ2n) is 9.78. The molecule has 2 aromatic rings. The SMILES string of the molecule is Cc1cc(-c2ccc(Cl)cc2)cc(C)c1C1=C(OC(=O)OC(C)C)C2(CCC(C)CC2)OC1=O. The highest BCUT2D eigenvalue weighted by molar-refractivity contribution is 6.30. The number of esters is 1. The Morgan fingerprint density at radius 1 is 1.06 bits per heavy atom. The highest BCUT2D eigenvalue weighted by Gasteiger charge is 2.52. The first-order valence-corrected chi connectivity index (χ1v) is 12.2. The highest BCUT2D eigenvalue weighted by atomic mass is 35.5. The van der Waals surface area contributed by atoms with Crippen molar-refractivity contribution in [3.05, 3.63) is 63.9 Å². The van der Waals surface area contributed by atoms with Crippen LogP contribution in [-0.4, -0.2) is 23.8 Å². The Labute approximate surface area is 206 Å². The third-order valence-corrected chi connectivity index (χ3v) is 6.94. The summed E-state index contributed by atoms with van der Waals surface area (Å²) in [5.74, 6) is 0.368. The third kappa shape index (κ3) is 4.72. The average Bonchev–Trinajstić information content (AvgIpc) is 3.01. The number of ether oxygens (including phenoxy) is 3. The van der Waals surface area contributed by atoms with Crippen LogP contribution in [0.25, 0.3) is 16.7 Å². The molecular weight excluding hydrogens is 452 g/mol. The molecule has 0 aromatic heterocycles. The number of aryl methyl sites for hydroxylation is 2. The number of carbonyl (C=O) groups is 2. The van der Waals surface area contributed by atoms with E-state index in [2.05, 4.69) is 6.92 Å². The van der Waals surface area contributed by atoms with Crippen LogP contribution in [-0.2, 0) is 19.0 Å². The van der Waals surface area contributed by atoms with E-state index in [0.29, 0.717) is 35.1 Å². The van der Waals surface area contributed by atoms with Gasteiger partial charge in [-0.25, -0.2) is 9.59 Å². The fourth-order valence-corrected chi connectivity index (χ4v) is 5.11. The van der Waals surface area contributed by atoms with Crippen LogP contribution in [0.4, 0.5) is 4.79 Å². The summed E-state index contributed by atoms with van der Waals surface area (Å²) in [4.78, 5) is 25.9. The van der Waals surface area contributed by atoms with E-state index in [-0.39, 0.29) is 6.10 Å². The Hall–Kier alpha value is -2.79. The number of hydrogen-bond donors (Lipinski definition) is 0. The topological polar surface area (TPSA) is 61.8 Å². The molecule has 0 unspecified atom stereocenters. The van der Waals surface area contributed by atoms with Crippen molar-refractivity contribution in [2.75, 3.05) is 0 Å². The van der Waals surface area contributed by atoms with Crippen LogP contribution in [0.15, 0.2) is 42.2 Å². The summed E-state index contributed by atoms with van der Waals surface area (Å²) < 4.78 is 17.0. The predicted octanol–water partition coefficient (Wildman–Crippen LogP) is 7.40. The Bertz CT molecular complexity index is 1110. The minimum Gasteiger partial charge on any atom is -0.447 e. The molecule has 5 nitrogen and oxygen atoms in total. The molecule has 180 valence electrons. The lowest BCUT2D eigenvalue weighted by Crippen LogP contribution is -2.38. The molecule has 1 aliphatic heterocycles. The molecule has 34 heavy (non-hydrogen) atoms. The van der Waals surface area contributed by atoms with Gasteiger partial charge in [0.05, 0.1) is 6.10 Å². The van der Waals surface area contributed by atoms with Crippen LogP contribution in [0, 0.1) is 19.8 Å². The van der Waals surface area contributed by atoms with Gasteiger partial charge in [0, 0.05) is 5.02 Å². The Morgan fingerprint density at radius 3 is 2.21 bits per heavy atom. The van der Waals surface area contributed by atoms with E-state index < -0.39 is 17.7 Å². The van der Waals surface area contributed by atoms with Crippen molar-refractivity contribution in [1.29, 1.82) is 0 Å². The van der Waals surface area contributed by atoms with Gasteiger partial charge in [0.2, 0.25) is 0 Å². The molecule has 6 heteroatoms. The van der Waals surface area contributed by atoms with Crippen molar-refractivity contribution in [1.82, 2.24) is 0 Å². The zero-order valence-electron chi connectivity index (χ0n) is 20.4. The molecule has 1 spiro atoms. The van der Waals surface area contributed by atoms with Crippen LogP contribution in [0.2, 0.25) is 5.02 Å². The molecule has 4 rings (SSSR count). The Kier molecular flexibility index (Phi) is 6.77. The van der Waals surface area contributed by atoms with E-state index in [4.69, 9.17) is 25.8 Å². The minimum atomic E-state index is -0.928. The van der Waals surface area contributed by atoms with Crippen LogP contribution in [0.3, 0.4) is 0 Å². The Balaban J connectivity index is 1.82. The van der Waals surface area contributed by atoms with E-state index >= 15 is 0 Å². The largest absolute Gasteiger partial charge is 0.513 e. The fraction of sp³-hybridized carbons (Fsp3) is 0.429. The lowest BCUT2D eigenvalue weighted by Gasteiger charge is -2.35. The number of carbonyl (C=O) groups excluding carboxylic acids is 2. The molecule has 0 atom stereocenters. The quantitative estimate of drug-likeness (QED) is 0.425. The molecule has 1 fully saturated rings. The molecular formula is C28H31ClO5. The van der Waals surface area contributed by atoms with E-state index in [1.807, 2.05) is 50.2 Å². The fourth-order valence-electron chi connectivity index (χ4n) is 4.98. The van der Waals surface area contributed by atoms with E-state index in [9.17, 15) is 9.59 Å². The first-order valence-electron chi connectivity index (χ1n) is 11.8. The summed E-state index contributed by atoms with van der Waals surface area (Å²) in [5.41, 5.74) is 3.99. The maximum absolute atomic E-state index is 13.3. The predicted molar refractivity (Wildman–Crippen MR) is 132 cm³/mol. The Morgan fingerprint density at radius 2 is 1.65 bits per heavy atom. The van der Waals surface area contributed by atoms with Gasteiger partial charge in [-0.3, -0.25) is 0 Å². The minimum absolute atomic E-state index is 0.292. The van der Waals surface area contributed by atoms with Gasteiger partial charge in [0.15, 0.2) is 11.4 Å². The van der Waals surface area contributed by atoms with Crippen molar-refractivity contribution >= 4 is 29.3 Å². The summed E-state index contributed by atoms with van der Waals surface area (Å²) in [6.45, 7) is 9.62. The van der Waals surface area contributed by atoms with Gasteiger partial charge in [0.1, 0.15) is 5.57 Å². The average molecular weight is 483 g/mol. The van der Waals surface area contributed by atoms with Crippen LogP contribution in [0.5, 0.6) is 0 Å². The number of hydrogen-bond acceptors (Lipinski definition) is 5. The standard InChI is InChI=1S/C28H31ClO5/c1-16(2)32-27(31)33-25-24(26(30)34-28(25)12-10-17(3)11-13-28)23-18(4)14-21(15-19(23)5)20-6-8-22(29)9-7-20/h6-9,14-17H,10-13H2,1-5H3. The second-order valence-corrected chi connectivity index (χ2v) is 10.2. The van der Waals surface area contributed by atoms with Gasteiger partial charge in [-0.1, -0.05) is 42.8 Å². The lowest BCUT2D eigenvalue weighted by molar-refractivity contribution is -0.150. The van der Waals surface area contributed by atoms with Gasteiger partial charge >= 0.3 is 12.1 Å². The molecule has 0 N–H and O–H groups in total. The van der Waals surface area contributed by atoms with Crippen molar-refractivity contribution in [2.45, 2.75) is 72.0 Å². The number of benzene rings is 2. The molecule has 1 aliphatic carbocycles. The summed E-state index contributed by atoms with van der Waals surface area (Å²) in [6.07, 6.45) is 1.87. The molecule has 0 amide bonds. The molecule has 0 bridgehead atoms. The number of rotatable bonds is 4. The molecule has 2 aromatic carbocycles. The molecule has 1 heterocycles. The van der Waals surface area contributed by atoms with Gasteiger partial charge in [0.25, 0.3) is 0 Å². The smallest absolute Gasteiger partial charge is 0.447 e. The van der Waals surface area contributed by atoms with Crippen molar-refractivity contribution in [3.63, 3.8) is 0 Å². The summed E-state index contributed by atoms with van der Waals surface area (Å²) in [7, 11) is 0. The van der Waals surface area contributed by atoms with Crippen molar-refractivity contribution < 1.29 is 23.8 Å². The first kappa shape index (κ1) is 24.3. The van der Waals surface area contributed by atoms with Gasteiger partial charge in [-0.2, -0.15) is 0 Å². The highest BCUT2D eigenvalue weighted by Crippen LogP contribution is 2.49. The number of halogens is 1. The second kappa shape index (κ2) is 9.46. The normalized spacial score (nSPS) is 22.3. The molecule has 0 saturated heterocycles. The third-order valence-electron chi connectivity index (χ3n) is 6.69. The lowest BCUT2D eigenvalue weighted by atomic mass is 9.77. The first-order chi connectivity index (χ1) is 16.1. The van der Waals surface area contributed by atoms with Gasteiger partial charge in [-0.15, -0.1) is 0 Å². The maximum atomic E-state index is 13.3.